The Morgan fingerprint density at radius 3 is 1.19 bits per heavy atom. The van der Waals surface area contributed by atoms with Gasteiger partial charge in [-0.2, -0.15) is 0 Å². The number of aliphatic hydroxyl groups is 1. The number of hydrogen-bond acceptors (Lipinski definition) is 7. The quantitative estimate of drug-likeness (QED) is 0.0376. The van der Waals surface area contributed by atoms with Crippen molar-refractivity contribution in [1.29, 1.82) is 0 Å². The van der Waals surface area contributed by atoms with E-state index < -0.39 is 0 Å². The fourth-order valence-corrected chi connectivity index (χ4v) is 6.45. The summed E-state index contributed by atoms with van der Waals surface area (Å²) >= 11 is 0. The molecule has 0 saturated heterocycles. The molecule has 0 aromatic heterocycles. The van der Waals surface area contributed by atoms with Gasteiger partial charge in [-0.3, -0.25) is 14.4 Å². The SMILES string of the molecule is CCCCCCCC/C=C\CCCCCCCC(=O)OCCN(CCOC(=O)CCCCCCC/C=C\CCCCCCCC)C(=O)CCN(C)CCO. The molecule has 0 atom stereocenters. The second-order valence-corrected chi connectivity index (χ2v) is 15.3. The van der Waals surface area contributed by atoms with Gasteiger partial charge in [0, 0.05) is 32.4 Å². The van der Waals surface area contributed by atoms with Crippen LogP contribution in [0.15, 0.2) is 24.3 Å². The summed E-state index contributed by atoms with van der Waals surface area (Å²) in [5, 5.41) is 9.17. The highest BCUT2D eigenvalue weighted by Crippen LogP contribution is 2.12. The highest BCUT2D eigenvalue weighted by Gasteiger charge is 2.16. The third kappa shape index (κ3) is 38.1. The van der Waals surface area contributed by atoms with Crippen LogP contribution in [-0.2, 0) is 23.9 Å². The van der Waals surface area contributed by atoms with Crippen molar-refractivity contribution in [3.63, 3.8) is 0 Å². The summed E-state index contributed by atoms with van der Waals surface area (Å²) in [5.41, 5.74) is 0. The Morgan fingerprint density at radius 1 is 0.463 bits per heavy atom. The molecular formula is C46H86N2O6. The number of aliphatic hydroxyl groups excluding tert-OH is 1. The Labute approximate surface area is 333 Å². The summed E-state index contributed by atoms with van der Waals surface area (Å²) < 4.78 is 10.9. The molecule has 0 fully saturated rings. The Morgan fingerprint density at radius 2 is 0.815 bits per heavy atom. The lowest BCUT2D eigenvalue weighted by molar-refractivity contribution is -0.147. The predicted molar refractivity (Wildman–Crippen MR) is 227 cm³/mol. The molecule has 0 aromatic carbocycles. The minimum atomic E-state index is -0.228. The topological polar surface area (TPSA) is 96.4 Å². The fraction of sp³-hybridized carbons (Fsp3) is 0.848. The van der Waals surface area contributed by atoms with Crippen LogP contribution in [0.2, 0.25) is 0 Å². The summed E-state index contributed by atoms with van der Waals surface area (Å²) in [5.74, 6) is -0.537. The lowest BCUT2D eigenvalue weighted by Crippen LogP contribution is -2.39. The monoisotopic (exact) mass is 763 g/mol. The molecule has 1 N–H and O–H groups in total. The average Bonchev–Trinajstić information content (AvgIpc) is 3.16. The van der Waals surface area contributed by atoms with Gasteiger partial charge in [-0.05, 0) is 71.3 Å². The second-order valence-electron chi connectivity index (χ2n) is 15.3. The standard InChI is InChI=1S/C46H86N2O6/c1-4-6-8-10-12-14-16-18-20-22-24-26-28-30-32-34-45(51)53-42-39-48(44(50)36-37-47(3)38-41-49)40-43-54-46(52)35-33-31-29-27-25-23-21-19-17-15-13-11-9-7-5-2/h18-21,49H,4-17,22-43H2,1-3H3/b20-18-,21-19-. The van der Waals surface area contributed by atoms with Crippen molar-refractivity contribution in [1.82, 2.24) is 9.80 Å². The van der Waals surface area contributed by atoms with Gasteiger partial charge < -0.3 is 24.4 Å². The lowest BCUT2D eigenvalue weighted by Gasteiger charge is -2.24. The van der Waals surface area contributed by atoms with Crippen molar-refractivity contribution in [2.45, 2.75) is 200 Å². The smallest absolute Gasteiger partial charge is 0.305 e. The van der Waals surface area contributed by atoms with Crippen LogP contribution in [0.3, 0.4) is 0 Å². The molecule has 1 amide bonds. The summed E-state index contributed by atoms with van der Waals surface area (Å²) in [6.07, 6.45) is 41.9. The third-order valence-electron chi connectivity index (χ3n) is 10.1. The molecule has 8 nitrogen and oxygen atoms in total. The second kappa shape index (κ2) is 42.0. The van der Waals surface area contributed by atoms with Crippen molar-refractivity contribution in [2.75, 3.05) is 53.0 Å². The van der Waals surface area contributed by atoms with Crippen molar-refractivity contribution in [2.24, 2.45) is 0 Å². The van der Waals surface area contributed by atoms with E-state index in [2.05, 4.69) is 38.2 Å². The van der Waals surface area contributed by atoms with E-state index in [4.69, 9.17) is 9.47 Å². The number of carbonyl (C=O) groups is 3. The highest BCUT2D eigenvalue weighted by molar-refractivity contribution is 5.76. The predicted octanol–water partition coefficient (Wildman–Crippen LogP) is 11.3. The molecule has 0 aliphatic carbocycles. The zero-order valence-electron chi connectivity index (χ0n) is 35.6. The number of nitrogens with zero attached hydrogens (tertiary/aromatic N) is 2. The number of ether oxygens (including phenoxy) is 2. The number of carbonyl (C=O) groups excluding carboxylic acids is 3. The first-order chi connectivity index (χ1) is 26.4. The minimum absolute atomic E-state index is 0.0354. The average molecular weight is 763 g/mol. The maximum atomic E-state index is 13.0. The molecule has 0 radical (unpaired) electrons. The molecule has 0 bridgehead atoms. The number of unbranched alkanes of at least 4 members (excludes halogenated alkanes) is 22. The summed E-state index contributed by atoms with van der Waals surface area (Å²) in [6, 6.07) is 0. The molecule has 0 aliphatic rings. The van der Waals surface area contributed by atoms with Gasteiger partial charge >= 0.3 is 11.9 Å². The number of hydrogen-bond donors (Lipinski definition) is 1. The summed E-state index contributed by atoms with van der Waals surface area (Å²) in [7, 11) is 1.86. The Hall–Kier alpha value is -2.19. The van der Waals surface area contributed by atoms with E-state index in [1.54, 1.807) is 4.90 Å². The molecule has 316 valence electrons. The van der Waals surface area contributed by atoms with Crippen LogP contribution in [0.1, 0.15) is 200 Å². The van der Waals surface area contributed by atoms with E-state index in [0.717, 1.165) is 51.4 Å². The maximum Gasteiger partial charge on any atom is 0.305 e. The molecule has 0 aromatic rings. The van der Waals surface area contributed by atoms with Crippen molar-refractivity contribution >= 4 is 17.8 Å². The molecule has 8 heteroatoms. The minimum Gasteiger partial charge on any atom is -0.464 e. The van der Waals surface area contributed by atoms with Crippen LogP contribution in [0.5, 0.6) is 0 Å². The van der Waals surface area contributed by atoms with E-state index in [1.165, 1.54) is 116 Å². The van der Waals surface area contributed by atoms with Gasteiger partial charge in [-0.15, -0.1) is 0 Å². The zero-order chi connectivity index (χ0) is 39.6. The largest absolute Gasteiger partial charge is 0.464 e. The van der Waals surface area contributed by atoms with Gasteiger partial charge in [0.2, 0.25) is 5.91 Å². The van der Waals surface area contributed by atoms with Crippen LogP contribution < -0.4 is 0 Å². The van der Waals surface area contributed by atoms with Crippen LogP contribution in [0.25, 0.3) is 0 Å². The molecule has 0 spiro atoms. The summed E-state index contributed by atoms with van der Waals surface area (Å²) in [4.78, 5) is 41.3. The lowest BCUT2D eigenvalue weighted by atomic mass is 10.1. The van der Waals surface area contributed by atoms with Crippen LogP contribution in [0.4, 0.5) is 0 Å². The first kappa shape index (κ1) is 51.8. The zero-order valence-corrected chi connectivity index (χ0v) is 35.6. The number of likely N-dealkylation sites (N-methyl/N-ethyl adjacent to an activating group) is 1. The third-order valence-corrected chi connectivity index (χ3v) is 10.1. The van der Waals surface area contributed by atoms with E-state index in [1.807, 2.05) is 11.9 Å². The first-order valence-corrected chi connectivity index (χ1v) is 22.6. The van der Waals surface area contributed by atoms with Gasteiger partial charge in [-0.1, -0.05) is 141 Å². The summed E-state index contributed by atoms with van der Waals surface area (Å²) in [6.45, 7) is 6.36. The number of rotatable bonds is 41. The number of amides is 1. The van der Waals surface area contributed by atoms with E-state index >= 15 is 0 Å². The molecule has 0 rings (SSSR count). The molecule has 54 heavy (non-hydrogen) atoms. The molecule has 0 saturated carbocycles. The van der Waals surface area contributed by atoms with Gasteiger partial charge in [0.15, 0.2) is 0 Å². The Kier molecular flexibility index (Phi) is 40.3. The van der Waals surface area contributed by atoms with E-state index in [9.17, 15) is 19.5 Å². The van der Waals surface area contributed by atoms with Crippen LogP contribution >= 0.6 is 0 Å². The number of allylic oxidation sites excluding steroid dienone is 4. The first-order valence-electron chi connectivity index (χ1n) is 22.6. The Balaban J connectivity index is 4.13. The van der Waals surface area contributed by atoms with Crippen molar-refractivity contribution < 1.29 is 29.0 Å². The Bertz CT molecular complexity index is 850. The highest BCUT2D eigenvalue weighted by atomic mass is 16.5. The fourth-order valence-electron chi connectivity index (χ4n) is 6.45. The van der Waals surface area contributed by atoms with Gasteiger partial charge in [0.05, 0.1) is 19.7 Å². The van der Waals surface area contributed by atoms with Crippen molar-refractivity contribution in [3.8, 4) is 0 Å². The number of esters is 2. The van der Waals surface area contributed by atoms with Gasteiger partial charge in [0.25, 0.3) is 0 Å². The molecule has 0 aliphatic heterocycles. The van der Waals surface area contributed by atoms with Crippen LogP contribution in [0, 0.1) is 0 Å². The van der Waals surface area contributed by atoms with Crippen LogP contribution in [-0.4, -0.2) is 85.8 Å². The normalized spacial score (nSPS) is 11.6. The molecular weight excluding hydrogens is 677 g/mol. The van der Waals surface area contributed by atoms with E-state index in [0.29, 0.717) is 25.9 Å². The molecule has 0 unspecified atom stereocenters. The molecule has 0 heterocycles. The van der Waals surface area contributed by atoms with E-state index in [-0.39, 0.29) is 57.2 Å². The van der Waals surface area contributed by atoms with Gasteiger partial charge in [0.1, 0.15) is 13.2 Å². The van der Waals surface area contributed by atoms with Gasteiger partial charge in [-0.25, -0.2) is 0 Å². The van der Waals surface area contributed by atoms with Crippen molar-refractivity contribution in [3.05, 3.63) is 24.3 Å². The maximum absolute atomic E-state index is 13.0.